The number of piperidine rings is 1. The average Bonchev–Trinajstić information content (AvgIpc) is 2.79. The van der Waals surface area contributed by atoms with Crippen molar-refractivity contribution in [1.82, 2.24) is 10.2 Å². The fourth-order valence-corrected chi connectivity index (χ4v) is 4.04. The minimum Gasteiger partial charge on any atom is -0.488 e. The highest BCUT2D eigenvalue weighted by atomic mass is 35.5. The number of para-hydroxylation sites is 1. The molecule has 0 unspecified atom stereocenters. The van der Waals surface area contributed by atoms with Crippen LogP contribution >= 0.6 is 11.6 Å². The standard InChI is InChI=1S/C25H26ClN3O3/c26-20-7-8-23-19(15-20)14-18(17-32-23)6-9-24(30)27-22-10-12-29(13-11-22)16-25(31)28-21-4-2-1-3-5-21/h1-9,14-15,22H,10-13,16-17H2,(H,27,30)(H,28,31)/b9-6+. The summed E-state index contributed by atoms with van der Waals surface area (Å²) in [4.78, 5) is 26.7. The Morgan fingerprint density at radius 3 is 2.69 bits per heavy atom. The highest BCUT2D eigenvalue weighted by Gasteiger charge is 2.21. The summed E-state index contributed by atoms with van der Waals surface area (Å²) in [5.74, 6) is 0.649. The predicted octanol–water partition coefficient (Wildman–Crippen LogP) is 3.89. The van der Waals surface area contributed by atoms with Crippen LogP contribution < -0.4 is 15.4 Å². The molecule has 6 nitrogen and oxygen atoms in total. The summed E-state index contributed by atoms with van der Waals surface area (Å²) in [7, 11) is 0. The first-order chi connectivity index (χ1) is 15.5. The molecule has 4 rings (SSSR count). The second-order valence-corrected chi connectivity index (χ2v) is 8.43. The van der Waals surface area contributed by atoms with Crippen molar-refractivity contribution in [3.8, 4) is 5.75 Å². The molecular weight excluding hydrogens is 426 g/mol. The molecule has 2 aliphatic rings. The maximum atomic E-state index is 12.4. The largest absolute Gasteiger partial charge is 0.488 e. The van der Waals surface area contributed by atoms with Crippen molar-refractivity contribution >= 4 is 35.2 Å². The first-order valence-corrected chi connectivity index (χ1v) is 11.1. The molecule has 0 aromatic heterocycles. The third kappa shape index (κ3) is 6.22. The van der Waals surface area contributed by atoms with Crippen molar-refractivity contribution in [1.29, 1.82) is 0 Å². The average molecular weight is 452 g/mol. The maximum absolute atomic E-state index is 12.4. The van der Waals surface area contributed by atoms with Crippen LogP contribution in [-0.2, 0) is 9.59 Å². The fraction of sp³-hybridized carbons (Fsp3) is 0.280. The van der Waals surface area contributed by atoms with E-state index in [1.165, 1.54) is 0 Å². The number of anilines is 1. The Hall–Kier alpha value is -3.09. The van der Waals surface area contributed by atoms with Crippen LogP contribution in [0.2, 0.25) is 5.02 Å². The molecule has 1 fully saturated rings. The van der Waals surface area contributed by atoms with Gasteiger partial charge in [0.05, 0.1) is 6.54 Å². The van der Waals surface area contributed by atoms with Crippen molar-refractivity contribution in [2.45, 2.75) is 18.9 Å². The van der Waals surface area contributed by atoms with Gasteiger partial charge in [0.15, 0.2) is 0 Å². The van der Waals surface area contributed by atoms with Crippen molar-refractivity contribution in [2.24, 2.45) is 0 Å². The first kappa shape index (κ1) is 22.1. The smallest absolute Gasteiger partial charge is 0.244 e. The van der Waals surface area contributed by atoms with Crippen LogP contribution in [0.3, 0.4) is 0 Å². The van der Waals surface area contributed by atoms with E-state index < -0.39 is 0 Å². The van der Waals surface area contributed by atoms with Crippen molar-refractivity contribution < 1.29 is 14.3 Å². The molecular formula is C25H26ClN3O3. The molecule has 1 saturated heterocycles. The lowest BCUT2D eigenvalue weighted by Crippen LogP contribution is -2.46. The number of fused-ring (bicyclic) bond motifs is 1. The van der Waals surface area contributed by atoms with Gasteiger partial charge in [0.25, 0.3) is 0 Å². The molecule has 0 radical (unpaired) electrons. The number of nitrogens with zero attached hydrogens (tertiary/aromatic N) is 1. The zero-order valence-electron chi connectivity index (χ0n) is 17.7. The minimum atomic E-state index is -0.122. The van der Waals surface area contributed by atoms with Gasteiger partial charge in [-0.2, -0.15) is 0 Å². The number of carbonyl (C=O) groups excluding carboxylic acids is 2. The van der Waals surface area contributed by atoms with Crippen LogP contribution in [-0.4, -0.2) is 49.0 Å². The molecule has 0 aliphatic carbocycles. The second kappa shape index (κ2) is 10.5. The number of halogens is 1. The van der Waals surface area contributed by atoms with E-state index in [1.807, 2.05) is 48.5 Å². The number of rotatable bonds is 6. The van der Waals surface area contributed by atoms with Gasteiger partial charge in [-0.15, -0.1) is 0 Å². The van der Waals surface area contributed by atoms with Gasteiger partial charge in [0, 0.05) is 41.5 Å². The molecule has 7 heteroatoms. The van der Waals surface area contributed by atoms with Crippen molar-refractivity contribution in [2.75, 3.05) is 31.6 Å². The van der Waals surface area contributed by atoms with E-state index in [4.69, 9.17) is 16.3 Å². The summed E-state index contributed by atoms with van der Waals surface area (Å²) in [5, 5.41) is 6.61. The zero-order chi connectivity index (χ0) is 22.3. The summed E-state index contributed by atoms with van der Waals surface area (Å²) in [6, 6.07) is 15.0. The van der Waals surface area contributed by atoms with E-state index in [9.17, 15) is 9.59 Å². The van der Waals surface area contributed by atoms with E-state index in [0.29, 0.717) is 18.2 Å². The Balaban J connectivity index is 1.20. The normalized spacial score (nSPS) is 16.7. The number of likely N-dealkylation sites (tertiary alicyclic amines) is 1. The van der Waals surface area contributed by atoms with Crippen molar-refractivity contribution in [3.63, 3.8) is 0 Å². The van der Waals surface area contributed by atoms with Gasteiger partial charge in [-0.3, -0.25) is 14.5 Å². The number of nitrogens with one attached hydrogen (secondary N) is 2. The molecule has 2 aliphatic heterocycles. The van der Waals surface area contributed by atoms with Crippen LogP contribution in [0, 0.1) is 0 Å². The lowest BCUT2D eigenvalue weighted by Gasteiger charge is -2.31. The molecule has 0 saturated carbocycles. The number of hydrogen-bond acceptors (Lipinski definition) is 4. The van der Waals surface area contributed by atoms with E-state index in [0.717, 1.165) is 48.5 Å². The zero-order valence-corrected chi connectivity index (χ0v) is 18.5. The van der Waals surface area contributed by atoms with Crippen LogP contribution in [0.4, 0.5) is 5.69 Å². The Bertz CT molecular complexity index is 1030. The number of hydrogen-bond donors (Lipinski definition) is 2. The Kier molecular flexibility index (Phi) is 7.24. The summed E-state index contributed by atoms with van der Waals surface area (Å²) in [5.41, 5.74) is 2.62. The molecule has 0 bridgehead atoms. The molecule has 2 heterocycles. The van der Waals surface area contributed by atoms with Crippen LogP contribution in [0.5, 0.6) is 5.75 Å². The van der Waals surface area contributed by atoms with Crippen LogP contribution in [0.1, 0.15) is 18.4 Å². The Morgan fingerprint density at radius 2 is 1.91 bits per heavy atom. The molecule has 2 aromatic rings. The number of benzene rings is 2. The van der Waals surface area contributed by atoms with Gasteiger partial charge < -0.3 is 15.4 Å². The second-order valence-electron chi connectivity index (χ2n) is 8.00. The maximum Gasteiger partial charge on any atom is 0.244 e. The van der Waals surface area contributed by atoms with Crippen LogP contribution in [0.15, 0.2) is 66.3 Å². The lowest BCUT2D eigenvalue weighted by molar-refractivity contribution is -0.119. The SMILES string of the molecule is O=C(/C=C/C1=Cc2cc(Cl)ccc2OC1)NC1CCN(CC(=O)Nc2ccccc2)CC1. The molecule has 166 valence electrons. The highest BCUT2D eigenvalue weighted by Crippen LogP contribution is 2.29. The Labute approximate surface area is 192 Å². The van der Waals surface area contributed by atoms with E-state index in [-0.39, 0.29) is 17.9 Å². The summed E-state index contributed by atoms with van der Waals surface area (Å²) < 4.78 is 5.71. The minimum absolute atomic E-state index is 0.0209. The lowest BCUT2D eigenvalue weighted by atomic mass is 10.0. The molecule has 0 spiro atoms. The topological polar surface area (TPSA) is 70.7 Å². The number of amides is 2. The molecule has 2 N–H and O–H groups in total. The summed E-state index contributed by atoms with van der Waals surface area (Å²) >= 11 is 6.04. The fourth-order valence-electron chi connectivity index (χ4n) is 3.85. The molecule has 32 heavy (non-hydrogen) atoms. The van der Waals surface area contributed by atoms with Crippen molar-refractivity contribution in [3.05, 3.63) is 76.8 Å². The molecule has 2 amide bonds. The van der Waals surface area contributed by atoms with Gasteiger partial charge in [-0.25, -0.2) is 0 Å². The molecule has 2 aromatic carbocycles. The third-order valence-corrected chi connectivity index (χ3v) is 5.75. The molecule has 0 atom stereocenters. The van der Waals surface area contributed by atoms with Gasteiger partial charge in [0.2, 0.25) is 11.8 Å². The Morgan fingerprint density at radius 1 is 1.12 bits per heavy atom. The van der Waals surface area contributed by atoms with Gasteiger partial charge >= 0.3 is 0 Å². The number of carbonyl (C=O) groups is 2. The number of ether oxygens (including phenoxy) is 1. The van der Waals surface area contributed by atoms with E-state index in [2.05, 4.69) is 15.5 Å². The van der Waals surface area contributed by atoms with Gasteiger partial charge in [0.1, 0.15) is 12.4 Å². The highest BCUT2D eigenvalue weighted by molar-refractivity contribution is 6.30. The van der Waals surface area contributed by atoms with E-state index in [1.54, 1.807) is 18.2 Å². The van der Waals surface area contributed by atoms with E-state index >= 15 is 0 Å². The first-order valence-electron chi connectivity index (χ1n) is 10.7. The summed E-state index contributed by atoms with van der Waals surface area (Å²) in [6.07, 6.45) is 6.94. The monoisotopic (exact) mass is 451 g/mol. The third-order valence-electron chi connectivity index (χ3n) is 5.51. The predicted molar refractivity (Wildman–Crippen MR) is 127 cm³/mol. The van der Waals surface area contributed by atoms with Gasteiger partial charge in [-0.05, 0) is 54.8 Å². The van der Waals surface area contributed by atoms with Gasteiger partial charge in [-0.1, -0.05) is 35.9 Å². The quantitative estimate of drug-likeness (QED) is 0.654. The summed E-state index contributed by atoms with van der Waals surface area (Å²) in [6.45, 7) is 2.32. The van der Waals surface area contributed by atoms with Crippen LogP contribution in [0.25, 0.3) is 6.08 Å².